The lowest BCUT2D eigenvalue weighted by molar-refractivity contribution is -0.385. The van der Waals surface area contributed by atoms with E-state index in [2.05, 4.69) is 25.2 Å². The van der Waals surface area contributed by atoms with Crippen molar-refractivity contribution in [3.63, 3.8) is 0 Å². The Morgan fingerprint density at radius 2 is 2.29 bits per heavy atom. The summed E-state index contributed by atoms with van der Waals surface area (Å²) in [5, 5.41) is 20.4. The summed E-state index contributed by atoms with van der Waals surface area (Å²) < 4.78 is 3.62. The van der Waals surface area contributed by atoms with Crippen LogP contribution in [0.4, 0.5) is 16.5 Å². The van der Waals surface area contributed by atoms with E-state index in [4.69, 9.17) is 0 Å². The van der Waals surface area contributed by atoms with Crippen LogP contribution in [0.5, 0.6) is 0 Å². The van der Waals surface area contributed by atoms with Gasteiger partial charge in [0.2, 0.25) is 0 Å². The molecule has 1 amide bonds. The van der Waals surface area contributed by atoms with Crippen molar-refractivity contribution in [1.29, 1.82) is 0 Å². The quantitative estimate of drug-likeness (QED) is 0.617. The number of hydrogen-bond donors (Lipinski definition) is 2. The Balaban J connectivity index is 2.30. The minimum Gasteiger partial charge on any atom is -0.369 e. The Labute approximate surface area is 123 Å². The summed E-state index contributed by atoms with van der Waals surface area (Å²) in [7, 11) is 0. The zero-order valence-electron chi connectivity index (χ0n) is 11.1. The lowest BCUT2D eigenvalue weighted by atomic mass is 10.2. The minimum atomic E-state index is -0.596. The molecule has 0 saturated carbocycles. The Bertz CT molecular complexity index is 645. The van der Waals surface area contributed by atoms with Gasteiger partial charge in [0.05, 0.1) is 16.7 Å². The van der Waals surface area contributed by atoms with Crippen molar-refractivity contribution in [3.05, 3.63) is 34.1 Å². The number of hydrogen-bond acceptors (Lipinski definition) is 8. The molecule has 2 heterocycles. The van der Waals surface area contributed by atoms with Gasteiger partial charge < -0.3 is 10.6 Å². The van der Waals surface area contributed by atoms with E-state index >= 15 is 0 Å². The van der Waals surface area contributed by atoms with Gasteiger partial charge >= 0.3 is 0 Å². The average molecular weight is 308 g/mol. The van der Waals surface area contributed by atoms with Gasteiger partial charge in [0, 0.05) is 24.1 Å². The van der Waals surface area contributed by atoms with Crippen LogP contribution in [0.1, 0.15) is 23.7 Å². The van der Waals surface area contributed by atoms with Gasteiger partial charge in [-0.25, -0.2) is 4.98 Å². The molecule has 0 atom stereocenters. The molecule has 10 heteroatoms. The summed E-state index contributed by atoms with van der Waals surface area (Å²) in [5.41, 5.74) is -0.143. The summed E-state index contributed by atoms with van der Waals surface area (Å²) in [4.78, 5) is 26.4. The molecule has 0 aromatic carbocycles. The van der Waals surface area contributed by atoms with Crippen molar-refractivity contribution >= 4 is 33.9 Å². The van der Waals surface area contributed by atoms with E-state index < -0.39 is 10.8 Å². The van der Waals surface area contributed by atoms with Gasteiger partial charge in [0.15, 0.2) is 0 Å². The van der Waals surface area contributed by atoms with Crippen LogP contribution >= 0.6 is 11.5 Å². The molecule has 9 nitrogen and oxygen atoms in total. The van der Waals surface area contributed by atoms with E-state index in [1.807, 2.05) is 6.92 Å². The van der Waals surface area contributed by atoms with Gasteiger partial charge in [-0.05, 0) is 6.42 Å². The van der Waals surface area contributed by atoms with Crippen LogP contribution < -0.4 is 10.6 Å². The third-order valence-corrected chi connectivity index (χ3v) is 3.05. The highest BCUT2D eigenvalue weighted by Gasteiger charge is 2.18. The van der Waals surface area contributed by atoms with E-state index in [0.29, 0.717) is 17.4 Å². The molecule has 2 N–H and O–H groups in total. The molecular formula is C11H12N6O3S. The summed E-state index contributed by atoms with van der Waals surface area (Å²) in [6, 6.07) is 1.19. The Kier molecular flexibility index (Phi) is 4.72. The molecule has 0 aliphatic rings. The predicted molar refractivity (Wildman–Crippen MR) is 77.5 cm³/mol. The Hall–Kier alpha value is -2.62. The molecule has 0 unspecified atom stereocenters. The number of nitro groups is 1. The van der Waals surface area contributed by atoms with E-state index in [0.717, 1.165) is 24.2 Å². The first-order valence-corrected chi connectivity index (χ1v) is 6.86. The number of nitrogens with one attached hydrogen (secondary N) is 2. The third-order valence-electron chi connectivity index (χ3n) is 2.47. The SMILES string of the molecule is CCCNc1ncc([N+](=O)[O-])cc1C(=O)Nc1cnns1. The van der Waals surface area contributed by atoms with Gasteiger partial charge in [-0.2, -0.15) is 0 Å². The second-order valence-electron chi connectivity index (χ2n) is 4.01. The first-order chi connectivity index (χ1) is 10.1. The number of nitrogens with zero attached hydrogens (tertiary/aromatic N) is 4. The minimum absolute atomic E-state index is 0.103. The number of carbonyl (C=O) groups is 1. The highest BCUT2D eigenvalue weighted by Crippen LogP contribution is 2.21. The summed E-state index contributed by atoms with van der Waals surface area (Å²) in [5.74, 6) is -0.201. The second-order valence-corrected chi connectivity index (χ2v) is 4.80. The monoisotopic (exact) mass is 308 g/mol. The van der Waals surface area contributed by atoms with Crippen LogP contribution in [-0.2, 0) is 0 Å². The molecule has 0 bridgehead atoms. The van der Waals surface area contributed by atoms with Crippen LogP contribution in [0.15, 0.2) is 18.5 Å². The first-order valence-electron chi connectivity index (χ1n) is 6.08. The van der Waals surface area contributed by atoms with Crippen LogP contribution in [0.3, 0.4) is 0 Å². The van der Waals surface area contributed by atoms with Crippen LogP contribution in [0, 0.1) is 10.1 Å². The zero-order chi connectivity index (χ0) is 15.2. The fourth-order valence-electron chi connectivity index (χ4n) is 1.51. The smallest absolute Gasteiger partial charge is 0.288 e. The number of carbonyl (C=O) groups excluding carboxylic acids is 1. The number of aromatic nitrogens is 3. The molecule has 0 spiro atoms. The Morgan fingerprint density at radius 1 is 1.48 bits per heavy atom. The molecule has 0 saturated heterocycles. The molecule has 2 aromatic rings. The lowest BCUT2D eigenvalue weighted by Crippen LogP contribution is -2.16. The molecule has 0 aliphatic heterocycles. The van der Waals surface area contributed by atoms with Crippen molar-refractivity contribution < 1.29 is 9.72 Å². The normalized spacial score (nSPS) is 10.1. The van der Waals surface area contributed by atoms with Gasteiger partial charge in [-0.1, -0.05) is 11.4 Å². The van der Waals surface area contributed by atoms with Gasteiger partial charge in [0.1, 0.15) is 17.0 Å². The van der Waals surface area contributed by atoms with Gasteiger partial charge in [-0.3, -0.25) is 14.9 Å². The zero-order valence-corrected chi connectivity index (χ0v) is 11.9. The molecule has 110 valence electrons. The topological polar surface area (TPSA) is 123 Å². The molecule has 0 radical (unpaired) electrons. The highest BCUT2D eigenvalue weighted by molar-refractivity contribution is 7.10. The maximum Gasteiger partial charge on any atom is 0.288 e. The van der Waals surface area contributed by atoms with Crippen molar-refractivity contribution in [2.45, 2.75) is 13.3 Å². The van der Waals surface area contributed by atoms with Gasteiger partial charge in [-0.15, -0.1) is 5.10 Å². The van der Waals surface area contributed by atoms with E-state index in [9.17, 15) is 14.9 Å². The summed E-state index contributed by atoms with van der Waals surface area (Å²) >= 11 is 1.01. The molecular weight excluding hydrogens is 296 g/mol. The largest absolute Gasteiger partial charge is 0.369 e. The highest BCUT2D eigenvalue weighted by atomic mass is 32.1. The standard InChI is InChI=1S/C11H12N6O3S/c1-2-3-12-10-8(4-7(5-13-10)17(19)20)11(18)15-9-6-14-16-21-9/h4-6H,2-3H2,1H3,(H,12,13)(H,15,18). The van der Waals surface area contributed by atoms with E-state index in [1.165, 1.54) is 12.3 Å². The van der Waals surface area contributed by atoms with Crippen molar-refractivity contribution in [1.82, 2.24) is 14.6 Å². The van der Waals surface area contributed by atoms with Crippen LogP contribution in [0.25, 0.3) is 0 Å². The maximum absolute atomic E-state index is 12.2. The van der Waals surface area contributed by atoms with E-state index in [-0.39, 0.29) is 11.3 Å². The molecule has 0 aliphatic carbocycles. The second kappa shape index (κ2) is 6.70. The number of rotatable bonds is 6. The van der Waals surface area contributed by atoms with Gasteiger partial charge in [0.25, 0.3) is 11.6 Å². The number of pyridine rings is 1. The van der Waals surface area contributed by atoms with Crippen LogP contribution in [-0.4, -0.2) is 31.9 Å². The first kappa shape index (κ1) is 14.8. The summed E-state index contributed by atoms with van der Waals surface area (Å²) in [6.45, 7) is 2.56. The molecule has 21 heavy (non-hydrogen) atoms. The fraction of sp³-hybridized carbons (Fsp3) is 0.273. The third kappa shape index (κ3) is 3.69. The van der Waals surface area contributed by atoms with Crippen molar-refractivity contribution in [3.8, 4) is 0 Å². The molecule has 2 rings (SSSR count). The molecule has 0 fully saturated rings. The summed E-state index contributed by atoms with van der Waals surface area (Å²) in [6.07, 6.45) is 3.34. The van der Waals surface area contributed by atoms with Crippen LogP contribution in [0.2, 0.25) is 0 Å². The average Bonchev–Trinajstić information content (AvgIpc) is 2.97. The van der Waals surface area contributed by atoms with E-state index in [1.54, 1.807) is 0 Å². The Morgan fingerprint density at radius 3 is 2.90 bits per heavy atom. The predicted octanol–water partition coefficient (Wildman–Crippen LogP) is 1.92. The van der Waals surface area contributed by atoms with Crippen molar-refractivity contribution in [2.24, 2.45) is 0 Å². The molecule has 2 aromatic heterocycles. The maximum atomic E-state index is 12.2. The fourth-order valence-corrected chi connectivity index (χ4v) is 1.93. The number of anilines is 2. The lowest BCUT2D eigenvalue weighted by Gasteiger charge is -2.09. The number of amides is 1. The van der Waals surface area contributed by atoms with Crippen molar-refractivity contribution in [2.75, 3.05) is 17.2 Å².